The minimum absolute atomic E-state index is 0.0721. The van der Waals surface area contributed by atoms with Crippen LogP contribution in [-0.2, 0) is 16.6 Å². The van der Waals surface area contributed by atoms with Crippen molar-refractivity contribution in [2.45, 2.75) is 0 Å². The molecule has 0 atom stereocenters. The Kier molecular flexibility index (Phi) is 5.97. The van der Waals surface area contributed by atoms with Crippen molar-refractivity contribution in [1.29, 1.82) is 0 Å². The van der Waals surface area contributed by atoms with E-state index < -0.39 is 0 Å². The number of anilines is 2. The number of amides is 2. The van der Waals surface area contributed by atoms with Crippen molar-refractivity contribution >= 4 is 34.8 Å². The van der Waals surface area contributed by atoms with Gasteiger partial charge in [0.05, 0.1) is 17.8 Å². The maximum absolute atomic E-state index is 12.5. The maximum Gasteiger partial charge on any atom is 0.255 e. The Morgan fingerprint density at radius 2 is 1.89 bits per heavy atom. The van der Waals surface area contributed by atoms with Gasteiger partial charge in [0.25, 0.3) is 5.91 Å². The van der Waals surface area contributed by atoms with Gasteiger partial charge in [-0.15, -0.1) is 10.2 Å². The first-order valence-corrected chi connectivity index (χ1v) is 8.58. The van der Waals surface area contributed by atoms with E-state index in [1.54, 1.807) is 49.5 Å². The van der Waals surface area contributed by atoms with Gasteiger partial charge in [0.2, 0.25) is 11.7 Å². The molecule has 3 aromatic rings. The van der Waals surface area contributed by atoms with Crippen LogP contribution in [0.15, 0.2) is 42.5 Å². The van der Waals surface area contributed by atoms with Crippen LogP contribution in [0.3, 0.4) is 0 Å². The normalized spacial score (nSPS) is 10.5. The lowest BCUT2D eigenvalue weighted by atomic mass is 10.1. The third-order valence-corrected chi connectivity index (χ3v) is 4.02. The van der Waals surface area contributed by atoms with E-state index in [4.69, 9.17) is 16.3 Å². The van der Waals surface area contributed by atoms with E-state index in [2.05, 4.69) is 26.0 Å². The van der Waals surface area contributed by atoms with Crippen molar-refractivity contribution in [2.24, 2.45) is 7.05 Å². The zero-order valence-electron chi connectivity index (χ0n) is 15.1. The Labute approximate surface area is 165 Å². The summed E-state index contributed by atoms with van der Waals surface area (Å²) in [4.78, 5) is 25.5. The molecule has 0 aliphatic carbocycles. The Morgan fingerprint density at radius 1 is 1.14 bits per heavy atom. The first-order valence-electron chi connectivity index (χ1n) is 8.20. The monoisotopic (exact) mass is 400 g/mol. The quantitative estimate of drug-likeness (QED) is 0.657. The van der Waals surface area contributed by atoms with Gasteiger partial charge in [0.1, 0.15) is 6.61 Å². The number of aromatic nitrogens is 4. The summed E-state index contributed by atoms with van der Waals surface area (Å²) in [6, 6.07) is 11.6. The minimum Gasteiger partial charge on any atom is -0.375 e. The van der Waals surface area contributed by atoms with Crippen LogP contribution in [0.4, 0.5) is 11.4 Å². The molecule has 0 fully saturated rings. The molecular formula is C18H17ClN6O3. The molecule has 0 saturated carbocycles. The molecule has 0 aliphatic rings. The van der Waals surface area contributed by atoms with Gasteiger partial charge < -0.3 is 15.4 Å². The molecule has 0 unspecified atom stereocenters. The van der Waals surface area contributed by atoms with Crippen molar-refractivity contribution in [3.8, 4) is 11.4 Å². The molecule has 0 aliphatic heterocycles. The smallest absolute Gasteiger partial charge is 0.255 e. The topological polar surface area (TPSA) is 111 Å². The second-order valence-corrected chi connectivity index (χ2v) is 6.22. The highest BCUT2D eigenvalue weighted by atomic mass is 35.5. The fourth-order valence-corrected chi connectivity index (χ4v) is 2.56. The second kappa shape index (κ2) is 8.59. The molecule has 2 N–H and O–H groups in total. The number of tetrazole rings is 1. The minimum atomic E-state index is -0.346. The van der Waals surface area contributed by atoms with Crippen LogP contribution < -0.4 is 10.6 Å². The van der Waals surface area contributed by atoms with E-state index >= 15 is 0 Å². The molecule has 1 heterocycles. The predicted octanol–water partition coefficient (Wildman–Crippen LogP) is 2.37. The fourth-order valence-electron chi connectivity index (χ4n) is 2.39. The molecular weight excluding hydrogens is 384 g/mol. The molecule has 0 radical (unpaired) electrons. The number of halogens is 1. The number of benzene rings is 2. The first-order chi connectivity index (χ1) is 13.5. The lowest BCUT2D eigenvalue weighted by molar-refractivity contribution is -0.119. The van der Waals surface area contributed by atoms with E-state index in [1.807, 2.05) is 0 Å². The number of methoxy groups -OCH3 is 1. The summed E-state index contributed by atoms with van der Waals surface area (Å²) >= 11 is 6.16. The van der Waals surface area contributed by atoms with Crippen LogP contribution in [-0.4, -0.2) is 45.7 Å². The highest BCUT2D eigenvalue weighted by Crippen LogP contribution is 2.26. The number of carbonyl (C=O) groups is 2. The van der Waals surface area contributed by atoms with Gasteiger partial charge in [0, 0.05) is 23.9 Å². The van der Waals surface area contributed by atoms with Crippen molar-refractivity contribution < 1.29 is 14.3 Å². The SMILES string of the molecule is COCC(=O)Nc1ccc(Cl)c(NC(=O)c2ccc(-c3nnn(C)n3)cc2)c1. The van der Waals surface area contributed by atoms with E-state index in [9.17, 15) is 9.59 Å². The number of nitrogens with one attached hydrogen (secondary N) is 2. The summed E-state index contributed by atoms with van der Waals surface area (Å²) in [5.41, 5.74) is 2.04. The van der Waals surface area contributed by atoms with E-state index in [0.717, 1.165) is 5.56 Å². The molecule has 2 aromatic carbocycles. The van der Waals surface area contributed by atoms with Gasteiger partial charge in [-0.1, -0.05) is 23.7 Å². The average Bonchev–Trinajstić information content (AvgIpc) is 3.11. The predicted molar refractivity (Wildman–Crippen MR) is 104 cm³/mol. The number of ether oxygens (including phenoxy) is 1. The summed E-state index contributed by atoms with van der Waals surface area (Å²) in [6.45, 7) is -0.0721. The van der Waals surface area contributed by atoms with Crippen molar-refractivity contribution in [2.75, 3.05) is 24.4 Å². The molecule has 3 rings (SSSR count). The number of hydrogen-bond donors (Lipinski definition) is 2. The number of rotatable bonds is 6. The van der Waals surface area contributed by atoms with Gasteiger partial charge in [-0.05, 0) is 35.5 Å². The number of aryl methyl sites for hydroxylation is 1. The van der Waals surface area contributed by atoms with Gasteiger partial charge in [-0.3, -0.25) is 9.59 Å². The van der Waals surface area contributed by atoms with Crippen LogP contribution >= 0.6 is 11.6 Å². The lowest BCUT2D eigenvalue weighted by Crippen LogP contribution is -2.17. The van der Waals surface area contributed by atoms with Gasteiger partial charge in [-0.25, -0.2) is 0 Å². The van der Waals surface area contributed by atoms with Gasteiger partial charge >= 0.3 is 0 Å². The summed E-state index contributed by atoms with van der Waals surface area (Å²) in [5.74, 6) is -0.187. The third kappa shape index (κ3) is 4.70. The third-order valence-electron chi connectivity index (χ3n) is 3.69. The van der Waals surface area contributed by atoms with Crippen molar-refractivity contribution in [3.63, 3.8) is 0 Å². The Bertz CT molecular complexity index is 1000. The van der Waals surface area contributed by atoms with E-state index in [-0.39, 0.29) is 18.4 Å². The zero-order valence-corrected chi connectivity index (χ0v) is 15.9. The molecule has 0 spiro atoms. The van der Waals surface area contributed by atoms with E-state index in [1.165, 1.54) is 11.9 Å². The van der Waals surface area contributed by atoms with Crippen LogP contribution in [0.25, 0.3) is 11.4 Å². The molecule has 144 valence electrons. The Hall–Kier alpha value is -3.30. The van der Waals surface area contributed by atoms with Gasteiger partial charge in [-0.2, -0.15) is 4.80 Å². The van der Waals surface area contributed by atoms with Crippen LogP contribution in [0, 0.1) is 0 Å². The van der Waals surface area contributed by atoms with Gasteiger partial charge in [0.15, 0.2) is 0 Å². The largest absolute Gasteiger partial charge is 0.375 e. The first kappa shape index (κ1) is 19.5. The molecule has 0 saturated heterocycles. The standard InChI is InChI=1S/C18H17ClN6O3/c1-25-23-17(22-24-25)11-3-5-12(6-4-11)18(27)21-15-9-13(7-8-14(15)19)20-16(26)10-28-2/h3-9H,10H2,1-2H3,(H,20,26)(H,21,27). The van der Waals surface area contributed by atoms with Crippen LogP contribution in [0.1, 0.15) is 10.4 Å². The molecule has 9 nitrogen and oxygen atoms in total. The van der Waals surface area contributed by atoms with Crippen LogP contribution in [0.2, 0.25) is 5.02 Å². The highest BCUT2D eigenvalue weighted by molar-refractivity contribution is 6.34. The molecule has 0 bridgehead atoms. The summed E-state index contributed by atoms with van der Waals surface area (Å²) in [5, 5.41) is 17.6. The van der Waals surface area contributed by atoms with Crippen molar-refractivity contribution in [3.05, 3.63) is 53.1 Å². The zero-order chi connectivity index (χ0) is 20.1. The van der Waals surface area contributed by atoms with Crippen molar-refractivity contribution in [1.82, 2.24) is 20.2 Å². The highest BCUT2D eigenvalue weighted by Gasteiger charge is 2.12. The molecule has 1 aromatic heterocycles. The summed E-state index contributed by atoms with van der Waals surface area (Å²) in [7, 11) is 3.10. The lowest BCUT2D eigenvalue weighted by Gasteiger charge is -2.11. The summed E-state index contributed by atoms with van der Waals surface area (Å²) in [6.07, 6.45) is 0. The summed E-state index contributed by atoms with van der Waals surface area (Å²) < 4.78 is 4.77. The van der Waals surface area contributed by atoms with Crippen LogP contribution in [0.5, 0.6) is 0 Å². The van der Waals surface area contributed by atoms with E-state index in [0.29, 0.717) is 27.8 Å². The molecule has 10 heteroatoms. The number of nitrogens with zero attached hydrogens (tertiary/aromatic N) is 4. The Balaban J connectivity index is 1.72. The average molecular weight is 401 g/mol. The maximum atomic E-state index is 12.5. The molecule has 28 heavy (non-hydrogen) atoms. The second-order valence-electron chi connectivity index (χ2n) is 5.81. The number of carbonyl (C=O) groups excluding carboxylic acids is 2. The molecule has 2 amide bonds. The fraction of sp³-hybridized carbons (Fsp3) is 0.167. The number of hydrogen-bond acceptors (Lipinski definition) is 6. The Morgan fingerprint density at radius 3 is 2.54 bits per heavy atom.